The number of carbonyl (C=O) groups is 3. The first-order valence-corrected chi connectivity index (χ1v) is 9.73. The Labute approximate surface area is 142 Å². The predicted octanol–water partition coefficient (Wildman–Crippen LogP) is 2.77. The molecule has 0 atom stereocenters. The van der Waals surface area contributed by atoms with Crippen molar-refractivity contribution in [3.8, 4) is 0 Å². The summed E-state index contributed by atoms with van der Waals surface area (Å²) in [6.07, 6.45) is 4.23. The highest BCUT2D eigenvalue weighted by Gasteiger charge is 2.32. The zero-order valence-electron chi connectivity index (χ0n) is 12.8. The summed E-state index contributed by atoms with van der Waals surface area (Å²) in [6, 6.07) is 4.04. The van der Waals surface area contributed by atoms with Crippen LogP contribution in [0.5, 0.6) is 0 Å². The number of rotatable bonds is 8. The fraction of sp³-hybridized carbons (Fsp3) is 0.467. The van der Waals surface area contributed by atoms with E-state index in [4.69, 9.17) is 4.84 Å². The van der Waals surface area contributed by atoms with Gasteiger partial charge in [0, 0.05) is 24.8 Å². The quantitative estimate of drug-likeness (QED) is 0.403. The van der Waals surface area contributed by atoms with Gasteiger partial charge in [0.2, 0.25) is 0 Å². The molecule has 1 aliphatic rings. The zero-order valence-corrected chi connectivity index (χ0v) is 14.5. The molecule has 0 aliphatic carbocycles. The molecule has 0 saturated carbocycles. The molecule has 1 aromatic heterocycles. The van der Waals surface area contributed by atoms with Crippen LogP contribution in [0.25, 0.3) is 0 Å². The summed E-state index contributed by atoms with van der Waals surface area (Å²) < 4.78 is 0. The summed E-state index contributed by atoms with van der Waals surface area (Å²) in [4.78, 5) is 43.4. The lowest BCUT2D eigenvalue weighted by atomic mass is 10.2. The third-order valence-electron chi connectivity index (χ3n) is 3.07. The summed E-state index contributed by atoms with van der Waals surface area (Å²) in [5.74, 6) is -0.974. The smallest absolute Gasteiger partial charge is 0.330 e. The average molecular weight is 354 g/mol. The highest BCUT2D eigenvalue weighted by molar-refractivity contribution is 8.76. The van der Waals surface area contributed by atoms with Crippen molar-refractivity contribution in [2.24, 2.45) is 0 Å². The van der Waals surface area contributed by atoms with Gasteiger partial charge in [0.25, 0.3) is 11.8 Å². The van der Waals surface area contributed by atoms with Crippen molar-refractivity contribution in [1.29, 1.82) is 0 Å². The fourth-order valence-electron chi connectivity index (χ4n) is 1.97. The molecule has 1 aromatic rings. The van der Waals surface area contributed by atoms with E-state index in [9.17, 15) is 14.4 Å². The van der Waals surface area contributed by atoms with Gasteiger partial charge in [0.1, 0.15) is 5.03 Å². The Morgan fingerprint density at radius 2 is 2.09 bits per heavy atom. The largest absolute Gasteiger partial charge is 0.334 e. The molecule has 0 unspecified atom stereocenters. The molecule has 1 aliphatic heterocycles. The first-order chi connectivity index (χ1) is 11.1. The molecule has 2 heterocycles. The Bertz CT molecular complexity index is 579. The van der Waals surface area contributed by atoms with Crippen molar-refractivity contribution in [3.05, 3.63) is 23.9 Å². The average Bonchev–Trinajstić information content (AvgIpc) is 2.84. The maximum atomic E-state index is 11.6. The predicted molar refractivity (Wildman–Crippen MR) is 88.3 cm³/mol. The van der Waals surface area contributed by atoms with E-state index >= 15 is 0 Å². The zero-order chi connectivity index (χ0) is 16.7. The van der Waals surface area contributed by atoms with Crippen LogP contribution in [0.15, 0.2) is 23.4 Å². The summed E-state index contributed by atoms with van der Waals surface area (Å²) in [5, 5.41) is 1.48. The maximum Gasteiger partial charge on any atom is 0.334 e. The van der Waals surface area contributed by atoms with Crippen LogP contribution in [0, 0.1) is 0 Å². The number of pyridine rings is 1. The van der Waals surface area contributed by atoms with E-state index in [0.29, 0.717) is 10.8 Å². The van der Waals surface area contributed by atoms with Crippen LogP contribution in [0.3, 0.4) is 0 Å². The molecular formula is C15H18N2O4S2. The molecule has 23 heavy (non-hydrogen) atoms. The molecular weight excluding hydrogens is 336 g/mol. The van der Waals surface area contributed by atoms with Crippen LogP contribution in [-0.2, 0) is 25.6 Å². The minimum atomic E-state index is -0.575. The summed E-state index contributed by atoms with van der Waals surface area (Å²) in [6.45, 7) is 2.13. The number of hydrogen-bond donors (Lipinski definition) is 0. The number of aromatic nitrogens is 1. The molecule has 0 radical (unpaired) electrons. The van der Waals surface area contributed by atoms with Gasteiger partial charge in [-0.1, -0.05) is 24.1 Å². The monoisotopic (exact) mass is 354 g/mol. The Morgan fingerprint density at radius 1 is 1.35 bits per heavy atom. The molecule has 2 rings (SSSR count). The lowest BCUT2D eigenvalue weighted by Gasteiger charge is -2.12. The summed E-state index contributed by atoms with van der Waals surface area (Å²) >= 11 is 0. The van der Waals surface area contributed by atoms with Crippen LogP contribution in [0.2, 0.25) is 0 Å². The molecule has 124 valence electrons. The van der Waals surface area contributed by atoms with Gasteiger partial charge in [-0.15, -0.1) is 5.06 Å². The number of amides is 2. The SMILES string of the molecule is CCCc1ccnc(SSCCC(=O)ON2C(=O)CCC2=O)c1. The minimum Gasteiger partial charge on any atom is -0.330 e. The Morgan fingerprint density at radius 3 is 2.78 bits per heavy atom. The van der Waals surface area contributed by atoms with Crippen molar-refractivity contribution in [1.82, 2.24) is 10.0 Å². The van der Waals surface area contributed by atoms with Gasteiger partial charge in [0.15, 0.2) is 0 Å². The van der Waals surface area contributed by atoms with Gasteiger partial charge in [-0.2, -0.15) is 0 Å². The molecule has 8 heteroatoms. The van der Waals surface area contributed by atoms with E-state index in [-0.39, 0.29) is 19.3 Å². The first kappa shape index (κ1) is 17.8. The van der Waals surface area contributed by atoms with Crippen LogP contribution in [-0.4, -0.2) is 33.6 Å². The van der Waals surface area contributed by atoms with Crippen molar-refractivity contribution in [2.75, 3.05) is 5.75 Å². The van der Waals surface area contributed by atoms with Crippen molar-refractivity contribution >= 4 is 39.4 Å². The molecule has 1 fully saturated rings. The molecule has 0 aromatic carbocycles. The lowest BCUT2D eigenvalue weighted by molar-refractivity contribution is -0.197. The standard InChI is InChI=1S/C15H18N2O4S2/c1-2-3-11-6-8-16-12(10-11)23-22-9-7-15(20)21-17-13(18)4-5-14(17)19/h6,8,10H,2-5,7,9H2,1H3. The van der Waals surface area contributed by atoms with Gasteiger partial charge in [-0.25, -0.2) is 9.78 Å². The Hall–Kier alpha value is -1.54. The molecule has 0 N–H and O–H groups in total. The number of aryl methyl sites for hydroxylation is 1. The van der Waals surface area contributed by atoms with E-state index in [2.05, 4.69) is 11.9 Å². The van der Waals surface area contributed by atoms with E-state index < -0.39 is 17.8 Å². The van der Waals surface area contributed by atoms with E-state index in [1.54, 1.807) is 6.20 Å². The number of nitrogens with zero attached hydrogens (tertiary/aromatic N) is 2. The normalized spacial score (nSPS) is 14.4. The number of hydrogen-bond acceptors (Lipinski definition) is 7. The third kappa shape index (κ3) is 5.54. The highest BCUT2D eigenvalue weighted by atomic mass is 33.1. The fourth-order valence-corrected chi connectivity index (χ4v) is 3.87. The second kappa shape index (κ2) is 8.93. The van der Waals surface area contributed by atoms with Gasteiger partial charge in [-0.3, -0.25) is 9.59 Å². The number of hydroxylamine groups is 2. The van der Waals surface area contributed by atoms with Crippen LogP contribution in [0.1, 0.15) is 38.2 Å². The lowest BCUT2D eigenvalue weighted by Crippen LogP contribution is -2.32. The third-order valence-corrected chi connectivity index (χ3v) is 5.32. The topological polar surface area (TPSA) is 76.6 Å². The second-order valence-corrected chi connectivity index (χ2v) is 7.39. The second-order valence-electron chi connectivity index (χ2n) is 4.95. The van der Waals surface area contributed by atoms with Gasteiger partial charge in [0.05, 0.1) is 6.42 Å². The Balaban J connectivity index is 1.68. The molecule has 1 saturated heterocycles. The molecule has 6 nitrogen and oxygen atoms in total. The van der Waals surface area contributed by atoms with Crippen LogP contribution in [0.4, 0.5) is 0 Å². The molecule has 0 bridgehead atoms. The van der Waals surface area contributed by atoms with Gasteiger partial charge in [-0.05, 0) is 34.9 Å². The molecule has 0 spiro atoms. The van der Waals surface area contributed by atoms with Crippen LogP contribution < -0.4 is 0 Å². The van der Waals surface area contributed by atoms with Gasteiger partial charge < -0.3 is 4.84 Å². The summed E-state index contributed by atoms with van der Waals surface area (Å²) in [5.41, 5.74) is 1.25. The van der Waals surface area contributed by atoms with E-state index in [1.165, 1.54) is 27.2 Å². The number of imide groups is 1. The van der Waals surface area contributed by atoms with Crippen molar-refractivity contribution < 1.29 is 19.2 Å². The first-order valence-electron chi connectivity index (χ1n) is 7.41. The van der Waals surface area contributed by atoms with E-state index in [1.807, 2.05) is 12.1 Å². The maximum absolute atomic E-state index is 11.6. The Kier molecular flexibility index (Phi) is 6.91. The van der Waals surface area contributed by atoms with Crippen molar-refractivity contribution in [3.63, 3.8) is 0 Å². The number of carbonyl (C=O) groups excluding carboxylic acids is 3. The summed E-state index contributed by atoms with van der Waals surface area (Å²) in [7, 11) is 2.98. The highest BCUT2D eigenvalue weighted by Crippen LogP contribution is 2.30. The van der Waals surface area contributed by atoms with Crippen LogP contribution >= 0.6 is 21.6 Å². The molecule has 2 amide bonds. The van der Waals surface area contributed by atoms with Gasteiger partial charge >= 0.3 is 5.97 Å². The van der Waals surface area contributed by atoms with Crippen molar-refractivity contribution in [2.45, 2.75) is 44.1 Å². The minimum absolute atomic E-state index is 0.108. The van der Waals surface area contributed by atoms with E-state index in [0.717, 1.165) is 17.9 Å².